The normalized spacial score (nSPS) is 18.2. The summed E-state index contributed by atoms with van der Waals surface area (Å²) in [5.74, 6) is 0.627. The number of nitrogens with zero attached hydrogens (tertiary/aromatic N) is 4. The highest BCUT2D eigenvalue weighted by Crippen LogP contribution is 2.31. The summed E-state index contributed by atoms with van der Waals surface area (Å²) in [6.07, 6.45) is 9.25. The van der Waals surface area contributed by atoms with E-state index >= 15 is 0 Å². The van der Waals surface area contributed by atoms with Crippen molar-refractivity contribution in [2.45, 2.75) is 57.5 Å². The molecule has 1 aromatic carbocycles. The van der Waals surface area contributed by atoms with Gasteiger partial charge in [-0.05, 0) is 43.7 Å². The van der Waals surface area contributed by atoms with Crippen molar-refractivity contribution in [2.24, 2.45) is 5.92 Å². The summed E-state index contributed by atoms with van der Waals surface area (Å²) >= 11 is 0. The Bertz CT molecular complexity index is 1080. The zero-order valence-electron chi connectivity index (χ0n) is 15.4. The molecule has 0 unspecified atom stereocenters. The zero-order chi connectivity index (χ0) is 18.4. The molecule has 2 aliphatic rings. The Morgan fingerprint density at radius 2 is 1.70 bits per heavy atom. The maximum atomic E-state index is 13.4. The van der Waals surface area contributed by atoms with E-state index in [2.05, 4.69) is 4.98 Å². The van der Waals surface area contributed by atoms with Crippen molar-refractivity contribution < 1.29 is 0 Å². The molecule has 6 nitrogen and oxygen atoms in total. The molecule has 2 aromatic heterocycles. The number of hydrogen-bond acceptors (Lipinski definition) is 3. The predicted molar refractivity (Wildman–Crippen MR) is 104 cm³/mol. The van der Waals surface area contributed by atoms with E-state index in [1.165, 1.54) is 23.8 Å². The van der Waals surface area contributed by atoms with E-state index in [4.69, 9.17) is 0 Å². The lowest BCUT2D eigenvalue weighted by Gasteiger charge is -2.24. The standard InChI is InChI=1S/C21H24N4O2/c26-20-18-19(22-14-23(18)13-15-11-12-15)24(16-7-3-1-4-8-16)21(27)25(20)17-9-5-2-6-10-17/h1,3-4,7-8,14-15,17H,2,5-6,9-13H2. The average Bonchev–Trinajstić information content (AvgIpc) is 3.42. The second kappa shape index (κ2) is 6.51. The van der Waals surface area contributed by atoms with Gasteiger partial charge in [-0.2, -0.15) is 0 Å². The van der Waals surface area contributed by atoms with Crippen molar-refractivity contribution in [1.82, 2.24) is 18.7 Å². The highest BCUT2D eigenvalue weighted by molar-refractivity contribution is 5.72. The second-order valence-electron chi connectivity index (χ2n) is 7.93. The quantitative estimate of drug-likeness (QED) is 0.714. The van der Waals surface area contributed by atoms with Crippen LogP contribution < -0.4 is 11.2 Å². The summed E-state index contributed by atoms with van der Waals surface area (Å²) in [6, 6.07) is 9.53. The first kappa shape index (κ1) is 16.5. The molecule has 6 heteroatoms. The molecule has 27 heavy (non-hydrogen) atoms. The van der Waals surface area contributed by atoms with E-state index in [0.717, 1.165) is 37.9 Å². The van der Waals surface area contributed by atoms with Crippen molar-refractivity contribution in [3.8, 4) is 5.69 Å². The third kappa shape index (κ3) is 2.83. The Hall–Kier alpha value is -2.63. The number of rotatable bonds is 4. The van der Waals surface area contributed by atoms with E-state index in [1.807, 2.05) is 34.9 Å². The Balaban J connectivity index is 1.80. The van der Waals surface area contributed by atoms with Gasteiger partial charge in [-0.3, -0.25) is 9.36 Å². The number of imidazole rings is 1. The van der Waals surface area contributed by atoms with Crippen molar-refractivity contribution in [1.29, 1.82) is 0 Å². The maximum absolute atomic E-state index is 13.4. The van der Waals surface area contributed by atoms with Crippen molar-refractivity contribution in [3.63, 3.8) is 0 Å². The average molecular weight is 364 g/mol. The molecule has 5 rings (SSSR count). The smallest absolute Gasteiger partial charge is 0.324 e. The summed E-state index contributed by atoms with van der Waals surface area (Å²) in [5.41, 5.74) is 1.36. The van der Waals surface area contributed by atoms with E-state index in [0.29, 0.717) is 17.1 Å². The topological polar surface area (TPSA) is 61.8 Å². The van der Waals surface area contributed by atoms with Crippen LogP contribution in [0.4, 0.5) is 0 Å². The van der Waals surface area contributed by atoms with Crippen LogP contribution in [0.15, 0.2) is 46.2 Å². The van der Waals surface area contributed by atoms with Crippen LogP contribution in [0.3, 0.4) is 0 Å². The maximum Gasteiger partial charge on any atom is 0.337 e. The van der Waals surface area contributed by atoms with Crippen LogP contribution in [0.2, 0.25) is 0 Å². The molecule has 2 heterocycles. The molecule has 0 atom stereocenters. The van der Waals surface area contributed by atoms with Gasteiger partial charge in [0.2, 0.25) is 0 Å². The molecule has 2 saturated carbocycles. The van der Waals surface area contributed by atoms with Gasteiger partial charge in [0.15, 0.2) is 11.2 Å². The molecule has 0 spiro atoms. The van der Waals surface area contributed by atoms with Gasteiger partial charge in [-0.1, -0.05) is 37.5 Å². The fraction of sp³-hybridized carbons (Fsp3) is 0.476. The number of hydrogen-bond donors (Lipinski definition) is 0. The highest BCUT2D eigenvalue weighted by Gasteiger charge is 2.27. The highest BCUT2D eigenvalue weighted by atomic mass is 16.2. The number of fused-ring (bicyclic) bond motifs is 1. The largest absolute Gasteiger partial charge is 0.337 e. The van der Waals surface area contributed by atoms with Crippen molar-refractivity contribution >= 4 is 11.2 Å². The van der Waals surface area contributed by atoms with E-state index in [-0.39, 0.29) is 17.3 Å². The van der Waals surface area contributed by atoms with Crippen LogP contribution in [0, 0.1) is 5.92 Å². The predicted octanol–water partition coefficient (Wildman–Crippen LogP) is 3.26. The molecular formula is C21H24N4O2. The van der Waals surface area contributed by atoms with Crippen LogP contribution in [0.25, 0.3) is 16.9 Å². The molecule has 3 aromatic rings. The third-order valence-electron chi connectivity index (χ3n) is 5.96. The first-order chi connectivity index (χ1) is 13.2. The Morgan fingerprint density at radius 3 is 2.41 bits per heavy atom. The molecule has 140 valence electrons. The first-order valence-electron chi connectivity index (χ1n) is 10.0. The molecule has 0 saturated heterocycles. The van der Waals surface area contributed by atoms with Gasteiger partial charge in [-0.25, -0.2) is 14.3 Å². The van der Waals surface area contributed by atoms with Gasteiger partial charge in [0.25, 0.3) is 5.56 Å². The van der Waals surface area contributed by atoms with Gasteiger partial charge in [-0.15, -0.1) is 0 Å². The minimum absolute atomic E-state index is 0.0117. The van der Waals surface area contributed by atoms with Crippen molar-refractivity contribution in [3.05, 3.63) is 57.5 Å². The molecular weight excluding hydrogens is 340 g/mol. The van der Waals surface area contributed by atoms with Crippen LogP contribution in [0.5, 0.6) is 0 Å². The summed E-state index contributed by atoms with van der Waals surface area (Å²) in [5, 5.41) is 0. The second-order valence-corrected chi connectivity index (χ2v) is 7.93. The summed E-state index contributed by atoms with van der Waals surface area (Å²) in [4.78, 5) is 31.3. The Labute approximate surface area is 157 Å². The van der Waals surface area contributed by atoms with Crippen molar-refractivity contribution in [2.75, 3.05) is 0 Å². The van der Waals surface area contributed by atoms with Crippen LogP contribution in [-0.4, -0.2) is 18.7 Å². The molecule has 0 bridgehead atoms. The SMILES string of the molecule is O=c1c2c(ncn2CC2CC2)n(-c2ccccc2)c(=O)n1C1CCCCC1. The fourth-order valence-electron chi connectivity index (χ4n) is 4.34. The van der Waals surface area contributed by atoms with Gasteiger partial charge in [0, 0.05) is 12.6 Å². The lowest BCUT2D eigenvalue weighted by atomic mass is 9.95. The van der Waals surface area contributed by atoms with Gasteiger partial charge in [0.1, 0.15) is 0 Å². The minimum Gasteiger partial charge on any atom is -0.324 e. The molecule has 0 aliphatic heterocycles. The van der Waals surface area contributed by atoms with Crippen LogP contribution in [-0.2, 0) is 6.54 Å². The monoisotopic (exact) mass is 364 g/mol. The lowest BCUT2D eigenvalue weighted by Crippen LogP contribution is -2.43. The Morgan fingerprint density at radius 1 is 0.963 bits per heavy atom. The molecule has 2 fully saturated rings. The number of para-hydroxylation sites is 1. The summed E-state index contributed by atoms with van der Waals surface area (Å²) < 4.78 is 5.10. The minimum atomic E-state index is -0.262. The van der Waals surface area contributed by atoms with E-state index in [9.17, 15) is 9.59 Å². The fourth-order valence-corrected chi connectivity index (χ4v) is 4.34. The summed E-state index contributed by atoms with van der Waals surface area (Å²) in [6.45, 7) is 0.809. The van der Waals surface area contributed by atoms with E-state index < -0.39 is 0 Å². The van der Waals surface area contributed by atoms with E-state index in [1.54, 1.807) is 10.9 Å². The van der Waals surface area contributed by atoms with Gasteiger partial charge in [0.05, 0.1) is 12.0 Å². The lowest BCUT2D eigenvalue weighted by molar-refractivity contribution is 0.335. The molecule has 0 radical (unpaired) electrons. The first-order valence-corrected chi connectivity index (χ1v) is 10.0. The number of aromatic nitrogens is 4. The summed E-state index contributed by atoms with van der Waals surface area (Å²) in [7, 11) is 0. The zero-order valence-corrected chi connectivity index (χ0v) is 15.4. The van der Waals surface area contributed by atoms with Crippen LogP contribution in [0.1, 0.15) is 51.0 Å². The molecule has 0 N–H and O–H groups in total. The van der Waals surface area contributed by atoms with Gasteiger partial charge < -0.3 is 4.57 Å². The molecule has 2 aliphatic carbocycles. The Kier molecular flexibility index (Phi) is 3.99. The third-order valence-corrected chi connectivity index (χ3v) is 5.96. The van der Waals surface area contributed by atoms with Crippen LogP contribution >= 0.6 is 0 Å². The molecule has 0 amide bonds. The number of benzene rings is 1. The van der Waals surface area contributed by atoms with Gasteiger partial charge >= 0.3 is 5.69 Å².